The van der Waals surface area contributed by atoms with Crippen molar-refractivity contribution in [2.75, 3.05) is 30.3 Å². The summed E-state index contributed by atoms with van der Waals surface area (Å²) in [5, 5.41) is 13.5. The van der Waals surface area contributed by atoms with Crippen LogP contribution in [0.5, 0.6) is 0 Å². The molecule has 0 saturated carbocycles. The first-order valence-corrected chi connectivity index (χ1v) is 13.7. The first kappa shape index (κ1) is 26.4. The fraction of sp³-hybridized carbons (Fsp3) is 0.538. The van der Waals surface area contributed by atoms with Crippen LogP contribution in [-0.4, -0.2) is 41.4 Å². The lowest BCUT2D eigenvalue weighted by Gasteiger charge is -2.42. The van der Waals surface area contributed by atoms with Crippen LogP contribution in [-0.2, 0) is 18.0 Å². The monoisotopic (exact) mass is 545 g/mol. The van der Waals surface area contributed by atoms with E-state index in [0.29, 0.717) is 61.5 Å². The fourth-order valence-electron chi connectivity index (χ4n) is 6.14. The minimum absolute atomic E-state index is 0.110. The van der Waals surface area contributed by atoms with E-state index in [1.807, 2.05) is 6.92 Å². The number of ketones is 1. The number of allylic oxidation sites excluding steroid dienone is 2. The van der Waals surface area contributed by atoms with E-state index in [4.69, 9.17) is 11.5 Å². The average molecular weight is 546 g/mol. The van der Waals surface area contributed by atoms with Gasteiger partial charge in [-0.15, -0.1) is 11.3 Å². The Labute approximate surface area is 222 Å². The highest BCUT2D eigenvalue weighted by molar-refractivity contribution is 7.16. The van der Waals surface area contributed by atoms with Crippen molar-refractivity contribution >= 4 is 28.1 Å². The molecule has 3 aliphatic rings. The lowest BCUT2D eigenvalue weighted by Crippen LogP contribution is -2.41. The molecule has 1 fully saturated rings. The third-order valence-electron chi connectivity index (χ3n) is 7.97. The van der Waals surface area contributed by atoms with Crippen molar-refractivity contribution in [3.8, 4) is 6.07 Å². The number of fused-ring (bicyclic) bond motifs is 2. The van der Waals surface area contributed by atoms with E-state index in [1.165, 1.54) is 11.3 Å². The summed E-state index contributed by atoms with van der Waals surface area (Å²) in [6, 6.07) is 2.79. The highest BCUT2D eigenvalue weighted by atomic mass is 32.1. The SMILES string of the molecule is C[C@H]1CNCCCN1c1nc(C(=O)C2=C(N)[C@@]3(CCC2)CCCc2sc(N)c(C#N)c23)cc(C(F)(F)F)n1. The summed E-state index contributed by atoms with van der Waals surface area (Å²) in [6.45, 7) is 3.65. The zero-order valence-electron chi connectivity index (χ0n) is 21.1. The van der Waals surface area contributed by atoms with E-state index in [9.17, 15) is 23.2 Å². The normalized spacial score (nSPS) is 24.2. The Morgan fingerprint density at radius 2 is 1.97 bits per heavy atom. The molecule has 0 unspecified atom stereocenters. The molecule has 5 N–H and O–H groups in total. The minimum Gasteiger partial charge on any atom is -0.401 e. The Balaban J connectivity index is 1.62. The Morgan fingerprint density at radius 1 is 1.24 bits per heavy atom. The molecule has 0 amide bonds. The summed E-state index contributed by atoms with van der Waals surface area (Å²) in [7, 11) is 0. The number of aryl methyl sites for hydroxylation is 1. The third kappa shape index (κ3) is 4.41. The number of halogens is 3. The van der Waals surface area contributed by atoms with Gasteiger partial charge in [0.25, 0.3) is 0 Å². The van der Waals surface area contributed by atoms with Crippen molar-refractivity contribution < 1.29 is 18.0 Å². The maximum atomic E-state index is 13.9. The van der Waals surface area contributed by atoms with E-state index < -0.39 is 23.1 Å². The van der Waals surface area contributed by atoms with Gasteiger partial charge in [-0.05, 0) is 70.0 Å². The highest BCUT2D eigenvalue weighted by Gasteiger charge is 2.46. The first-order chi connectivity index (χ1) is 18.1. The van der Waals surface area contributed by atoms with Gasteiger partial charge >= 0.3 is 6.18 Å². The number of alkyl halides is 3. The largest absolute Gasteiger partial charge is 0.433 e. The molecule has 2 atom stereocenters. The number of thiophene rings is 1. The Bertz CT molecular complexity index is 1350. The molecule has 5 rings (SSSR count). The maximum Gasteiger partial charge on any atom is 0.433 e. The zero-order chi connectivity index (χ0) is 27.2. The van der Waals surface area contributed by atoms with Gasteiger partial charge in [0.2, 0.25) is 11.7 Å². The van der Waals surface area contributed by atoms with Crippen molar-refractivity contribution in [3.05, 3.63) is 44.7 Å². The van der Waals surface area contributed by atoms with E-state index in [2.05, 4.69) is 21.4 Å². The second-order valence-corrected chi connectivity index (χ2v) is 11.4. The average Bonchev–Trinajstić information content (AvgIpc) is 3.06. The number of rotatable bonds is 3. The third-order valence-corrected chi connectivity index (χ3v) is 9.05. The van der Waals surface area contributed by atoms with Crippen LogP contribution in [0.2, 0.25) is 0 Å². The quantitative estimate of drug-likeness (QED) is 0.492. The van der Waals surface area contributed by atoms with Crippen LogP contribution >= 0.6 is 11.3 Å². The number of nitriles is 1. The number of aromatic nitrogens is 2. The molecule has 3 heterocycles. The van der Waals surface area contributed by atoms with Crippen LogP contribution in [0.4, 0.5) is 24.1 Å². The summed E-state index contributed by atoms with van der Waals surface area (Å²) < 4.78 is 41.7. The molecule has 12 heteroatoms. The smallest absolute Gasteiger partial charge is 0.401 e. The minimum atomic E-state index is -4.75. The molecule has 2 aromatic heterocycles. The fourth-order valence-corrected chi connectivity index (χ4v) is 7.30. The lowest BCUT2D eigenvalue weighted by atomic mass is 9.62. The van der Waals surface area contributed by atoms with Crippen molar-refractivity contribution in [1.29, 1.82) is 5.26 Å². The van der Waals surface area contributed by atoms with Crippen molar-refractivity contribution in [2.24, 2.45) is 5.73 Å². The Hall–Kier alpha value is -3.17. The van der Waals surface area contributed by atoms with Gasteiger partial charge in [-0.1, -0.05) is 0 Å². The Kier molecular flexibility index (Phi) is 6.86. The van der Waals surface area contributed by atoms with E-state index >= 15 is 0 Å². The first-order valence-electron chi connectivity index (χ1n) is 12.9. The maximum absolute atomic E-state index is 13.9. The molecule has 202 valence electrons. The lowest BCUT2D eigenvalue weighted by molar-refractivity contribution is -0.141. The molecule has 0 aromatic carbocycles. The number of hydrogen-bond donors (Lipinski definition) is 3. The molecular weight excluding hydrogens is 515 g/mol. The second-order valence-electron chi connectivity index (χ2n) is 10.3. The number of anilines is 2. The van der Waals surface area contributed by atoms with Crippen LogP contribution < -0.4 is 21.7 Å². The van der Waals surface area contributed by atoms with Gasteiger partial charge in [0.15, 0.2) is 5.69 Å². The topological polar surface area (TPSA) is 134 Å². The molecule has 2 aliphatic carbocycles. The summed E-state index contributed by atoms with van der Waals surface area (Å²) in [6.07, 6.45) is -0.213. The zero-order valence-corrected chi connectivity index (χ0v) is 21.9. The molecule has 2 aromatic rings. The Morgan fingerprint density at radius 3 is 2.68 bits per heavy atom. The summed E-state index contributed by atoms with van der Waals surface area (Å²) in [4.78, 5) is 24.8. The van der Waals surface area contributed by atoms with Crippen LogP contribution in [0, 0.1) is 11.3 Å². The van der Waals surface area contributed by atoms with Crippen LogP contribution in [0.3, 0.4) is 0 Å². The molecule has 0 radical (unpaired) electrons. The van der Waals surface area contributed by atoms with Crippen LogP contribution in [0.1, 0.15) is 77.6 Å². The molecule has 38 heavy (non-hydrogen) atoms. The van der Waals surface area contributed by atoms with E-state index in [1.54, 1.807) is 4.90 Å². The van der Waals surface area contributed by atoms with E-state index in [-0.39, 0.29) is 23.3 Å². The highest BCUT2D eigenvalue weighted by Crippen LogP contribution is 2.53. The summed E-state index contributed by atoms with van der Waals surface area (Å²) in [5.41, 5.74) is 12.5. The standard InChI is InChI=1S/C26H30F3N7OS/c1-14-13-33-9-4-10-36(14)24-34-17(11-19(35-24)26(27,28)29)21(37)15-5-2-7-25(22(15)31)8-3-6-18-20(25)16(12-30)23(32)38-18/h11,14,33H,2-10,13,31-32H2,1H3/t14-,25-/m0/s1. The summed E-state index contributed by atoms with van der Waals surface area (Å²) in [5.74, 6) is -0.730. The second kappa shape index (κ2) is 9.85. The predicted octanol–water partition coefficient (Wildman–Crippen LogP) is 4.05. The number of hydrogen-bond acceptors (Lipinski definition) is 9. The molecule has 1 saturated heterocycles. The van der Waals surface area contributed by atoms with Crippen molar-refractivity contribution in [3.63, 3.8) is 0 Å². The van der Waals surface area contributed by atoms with Crippen molar-refractivity contribution in [1.82, 2.24) is 15.3 Å². The van der Waals surface area contributed by atoms with Crippen LogP contribution in [0.15, 0.2) is 17.3 Å². The molecule has 1 spiro atoms. The van der Waals surface area contributed by atoms with Gasteiger partial charge in [0.05, 0.1) is 5.56 Å². The van der Waals surface area contributed by atoms with Crippen molar-refractivity contribution in [2.45, 2.75) is 69.5 Å². The molecule has 0 bridgehead atoms. The van der Waals surface area contributed by atoms with Gasteiger partial charge in [-0.25, -0.2) is 9.97 Å². The number of Topliss-reactive ketones (excluding diaryl/α,β-unsaturated/α-hetero) is 1. The van der Waals surface area contributed by atoms with Gasteiger partial charge in [-0.3, -0.25) is 4.79 Å². The van der Waals surface area contributed by atoms with Gasteiger partial charge in [0.1, 0.15) is 16.8 Å². The predicted molar refractivity (Wildman–Crippen MR) is 139 cm³/mol. The van der Waals surface area contributed by atoms with Gasteiger partial charge in [-0.2, -0.15) is 18.4 Å². The van der Waals surface area contributed by atoms with Gasteiger partial charge in [0, 0.05) is 40.7 Å². The number of nitrogen functional groups attached to an aromatic ring is 1. The number of nitrogens with two attached hydrogens (primary N) is 2. The van der Waals surface area contributed by atoms with Gasteiger partial charge < -0.3 is 21.7 Å². The van der Waals surface area contributed by atoms with E-state index in [0.717, 1.165) is 35.9 Å². The number of nitrogens with one attached hydrogen (secondary N) is 1. The molecular formula is C26H30F3N7OS. The number of carbonyl (C=O) groups is 1. The molecule has 1 aliphatic heterocycles. The molecule has 8 nitrogen and oxygen atoms in total. The number of carbonyl (C=O) groups excluding carboxylic acids is 1. The summed E-state index contributed by atoms with van der Waals surface area (Å²) >= 11 is 1.38. The number of nitrogens with zero attached hydrogens (tertiary/aromatic N) is 4. The van der Waals surface area contributed by atoms with Crippen LogP contribution in [0.25, 0.3) is 0 Å².